The van der Waals surface area contributed by atoms with Gasteiger partial charge in [-0.3, -0.25) is 9.36 Å². The SMILES string of the molecule is CCOCn1c(SCC(N)=O)nc(CC)c1CC1CCCCC1. The van der Waals surface area contributed by atoms with Crippen molar-refractivity contribution in [3.8, 4) is 0 Å². The van der Waals surface area contributed by atoms with Crippen molar-refractivity contribution in [1.29, 1.82) is 0 Å². The molecule has 1 heterocycles. The fourth-order valence-electron chi connectivity index (χ4n) is 3.25. The van der Waals surface area contributed by atoms with Gasteiger partial charge in [-0.15, -0.1) is 0 Å². The molecular weight excluding hydrogens is 310 g/mol. The predicted molar refractivity (Wildman–Crippen MR) is 93.4 cm³/mol. The third-order valence-electron chi connectivity index (χ3n) is 4.43. The third-order valence-corrected chi connectivity index (χ3v) is 5.43. The van der Waals surface area contributed by atoms with E-state index < -0.39 is 0 Å². The van der Waals surface area contributed by atoms with Gasteiger partial charge in [0.15, 0.2) is 5.16 Å². The number of carbonyl (C=O) groups excluding carboxylic acids is 1. The zero-order valence-corrected chi connectivity index (χ0v) is 15.2. The average Bonchev–Trinajstić information content (AvgIpc) is 2.88. The number of primary amides is 1. The highest BCUT2D eigenvalue weighted by Gasteiger charge is 2.22. The number of aromatic nitrogens is 2. The van der Waals surface area contributed by atoms with Crippen LogP contribution in [0.25, 0.3) is 0 Å². The molecule has 1 fully saturated rings. The Labute approximate surface area is 143 Å². The van der Waals surface area contributed by atoms with Crippen LogP contribution in [0.15, 0.2) is 5.16 Å². The molecule has 1 aliphatic rings. The van der Waals surface area contributed by atoms with Crippen LogP contribution in [-0.4, -0.2) is 27.8 Å². The molecule has 0 aliphatic heterocycles. The van der Waals surface area contributed by atoms with E-state index in [1.54, 1.807) is 0 Å². The molecule has 23 heavy (non-hydrogen) atoms. The quantitative estimate of drug-likeness (QED) is 0.702. The van der Waals surface area contributed by atoms with Crippen LogP contribution in [0.5, 0.6) is 0 Å². The number of ether oxygens (including phenoxy) is 1. The highest BCUT2D eigenvalue weighted by atomic mass is 32.2. The van der Waals surface area contributed by atoms with E-state index in [0.717, 1.165) is 29.6 Å². The topological polar surface area (TPSA) is 70.1 Å². The van der Waals surface area contributed by atoms with E-state index in [1.165, 1.54) is 49.6 Å². The van der Waals surface area contributed by atoms with Gasteiger partial charge < -0.3 is 10.5 Å². The number of rotatable bonds is 9. The number of nitrogens with zero attached hydrogens (tertiary/aromatic N) is 2. The lowest BCUT2D eigenvalue weighted by Gasteiger charge is -2.23. The van der Waals surface area contributed by atoms with E-state index in [0.29, 0.717) is 13.3 Å². The molecule has 0 bridgehead atoms. The first-order valence-corrected chi connectivity index (χ1v) is 9.71. The molecule has 0 aromatic carbocycles. The molecule has 1 amide bonds. The van der Waals surface area contributed by atoms with Crippen molar-refractivity contribution in [2.24, 2.45) is 11.7 Å². The lowest BCUT2D eigenvalue weighted by Crippen LogP contribution is -2.16. The molecule has 2 rings (SSSR count). The molecule has 5 nitrogen and oxygen atoms in total. The first-order valence-electron chi connectivity index (χ1n) is 8.72. The molecular formula is C17H29N3O2S. The van der Waals surface area contributed by atoms with Crippen molar-refractivity contribution in [2.75, 3.05) is 12.4 Å². The Balaban J connectivity index is 2.21. The minimum Gasteiger partial charge on any atom is -0.369 e. The normalized spacial score (nSPS) is 15.9. The predicted octanol–water partition coefficient (Wildman–Crippen LogP) is 3.14. The summed E-state index contributed by atoms with van der Waals surface area (Å²) >= 11 is 1.42. The molecule has 1 aromatic rings. The molecule has 130 valence electrons. The summed E-state index contributed by atoms with van der Waals surface area (Å²) in [5, 5.41) is 0.861. The lowest BCUT2D eigenvalue weighted by molar-refractivity contribution is -0.115. The van der Waals surface area contributed by atoms with E-state index in [9.17, 15) is 4.79 Å². The average molecular weight is 340 g/mol. The summed E-state index contributed by atoms with van der Waals surface area (Å²) in [6.45, 7) is 5.31. The van der Waals surface area contributed by atoms with Crippen LogP contribution in [0.4, 0.5) is 0 Å². The molecule has 2 N–H and O–H groups in total. The number of nitrogens with two attached hydrogens (primary N) is 1. The smallest absolute Gasteiger partial charge is 0.227 e. The van der Waals surface area contributed by atoms with Crippen LogP contribution < -0.4 is 5.73 Å². The van der Waals surface area contributed by atoms with Crippen molar-refractivity contribution in [3.63, 3.8) is 0 Å². The van der Waals surface area contributed by atoms with Crippen LogP contribution in [0, 0.1) is 5.92 Å². The van der Waals surface area contributed by atoms with Crippen LogP contribution in [0.1, 0.15) is 57.3 Å². The summed E-state index contributed by atoms with van der Waals surface area (Å²) in [5.41, 5.74) is 7.72. The molecule has 1 aliphatic carbocycles. The minimum absolute atomic E-state index is 0.259. The maximum atomic E-state index is 11.1. The Morgan fingerprint density at radius 1 is 1.35 bits per heavy atom. The minimum atomic E-state index is -0.312. The van der Waals surface area contributed by atoms with Crippen molar-refractivity contribution >= 4 is 17.7 Å². The Bertz CT molecular complexity index is 510. The molecule has 0 saturated heterocycles. The van der Waals surface area contributed by atoms with Gasteiger partial charge in [0, 0.05) is 12.3 Å². The first-order chi connectivity index (χ1) is 11.2. The van der Waals surface area contributed by atoms with Crippen molar-refractivity contribution in [1.82, 2.24) is 9.55 Å². The highest BCUT2D eigenvalue weighted by molar-refractivity contribution is 7.99. The van der Waals surface area contributed by atoms with Gasteiger partial charge >= 0.3 is 0 Å². The molecule has 6 heteroatoms. The Morgan fingerprint density at radius 3 is 2.70 bits per heavy atom. The summed E-state index contributed by atoms with van der Waals surface area (Å²) in [6.07, 6.45) is 8.66. The number of amides is 1. The van der Waals surface area contributed by atoms with E-state index in [2.05, 4.69) is 11.5 Å². The van der Waals surface area contributed by atoms with Gasteiger partial charge in [-0.2, -0.15) is 0 Å². The molecule has 1 aromatic heterocycles. The number of imidazole rings is 1. The highest BCUT2D eigenvalue weighted by Crippen LogP contribution is 2.30. The van der Waals surface area contributed by atoms with E-state index >= 15 is 0 Å². The lowest BCUT2D eigenvalue weighted by atomic mass is 9.85. The summed E-state index contributed by atoms with van der Waals surface area (Å²) < 4.78 is 7.81. The number of carbonyl (C=O) groups is 1. The second-order valence-electron chi connectivity index (χ2n) is 6.15. The standard InChI is InChI=1S/C17H29N3O2S/c1-3-14-15(10-13-8-6-5-7-9-13)20(12-22-4-2)17(19-14)23-11-16(18)21/h13H,3-12H2,1-2H3,(H2,18,21). The maximum absolute atomic E-state index is 11.1. The zero-order valence-electron chi connectivity index (χ0n) is 14.3. The Kier molecular flexibility index (Phi) is 7.43. The monoisotopic (exact) mass is 339 g/mol. The molecule has 0 spiro atoms. The Morgan fingerprint density at radius 2 is 2.09 bits per heavy atom. The molecule has 0 atom stereocenters. The van der Waals surface area contributed by atoms with Gasteiger partial charge in [0.25, 0.3) is 0 Å². The van der Waals surface area contributed by atoms with Crippen LogP contribution in [0.2, 0.25) is 0 Å². The first kappa shape index (κ1) is 18.3. The second kappa shape index (κ2) is 9.33. The van der Waals surface area contributed by atoms with Gasteiger partial charge in [-0.25, -0.2) is 4.98 Å². The van der Waals surface area contributed by atoms with E-state index in [1.807, 2.05) is 6.92 Å². The summed E-state index contributed by atoms with van der Waals surface area (Å²) in [6, 6.07) is 0. The third kappa shape index (κ3) is 5.24. The molecule has 0 unspecified atom stereocenters. The number of hydrogen-bond acceptors (Lipinski definition) is 4. The summed E-state index contributed by atoms with van der Waals surface area (Å²) in [5.74, 6) is 0.697. The van der Waals surface area contributed by atoms with Gasteiger partial charge in [0.2, 0.25) is 5.91 Å². The van der Waals surface area contributed by atoms with Crippen molar-refractivity contribution < 1.29 is 9.53 Å². The number of aryl methyl sites for hydroxylation is 1. The molecule has 0 radical (unpaired) electrons. The van der Waals surface area contributed by atoms with Gasteiger partial charge in [0.1, 0.15) is 6.73 Å². The van der Waals surface area contributed by atoms with E-state index in [4.69, 9.17) is 15.5 Å². The van der Waals surface area contributed by atoms with Crippen LogP contribution >= 0.6 is 11.8 Å². The second-order valence-corrected chi connectivity index (χ2v) is 7.10. The van der Waals surface area contributed by atoms with Crippen LogP contribution in [-0.2, 0) is 29.1 Å². The molecule has 1 saturated carbocycles. The van der Waals surface area contributed by atoms with Gasteiger partial charge in [-0.05, 0) is 25.7 Å². The van der Waals surface area contributed by atoms with Crippen molar-refractivity contribution in [2.45, 2.75) is 70.7 Å². The van der Waals surface area contributed by atoms with Gasteiger partial charge in [0.05, 0.1) is 11.4 Å². The van der Waals surface area contributed by atoms with Crippen LogP contribution in [0.3, 0.4) is 0 Å². The van der Waals surface area contributed by atoms with Gasteiger partial charge in [-0.1, -0.05) is 50.8 Å². The summed E-state index contributed by atoms with van der Waals surface area (Å²) in [7, 11) is 0. The zero-order chi connectivity index (χ0) is 16.7. The number of thioether (sulfide) groups is 1. The Hall–Kier alpha value is -1.01. The number of hydrogen-bond donors (Lipinski definition) is 1. The fourth-order valence-corrected chi connectivity index (χ4v) is 4.01. The van der Waals surface area contributed by atoms with E-state index in [-0.39, 0.29) is 11.7 Å². The van der Waals surface area contributed by atoms with Crippen molar-refractivity contribution in [3.05, 3.63) is 11.4 Å². The fraction of sp³-hybridized carbons (Fsp3) is 0.765. The summed E-state index contributed by atoms with van der Waals surface area (Å²) in [4.78, 5) is 15.9. The largest absolute Gasteiger partial charge is 0.369 e. The maximum Gasteiger partial charge on any atom is 0.227 e.